The van der Waals surface area contributed by atoms with Crippen molar-refractivity contribution >= 4 is 12.0 Å². The van der Waals surface area contributed by atoms with Gasteiger partial charge in [0.25, 0.3) is 0 Å². The number of nitrogens with zero attached hydrogens (tertiary/aromatic N) is 1. The predicted octanol–water partition coefficient (Wildman–Crippen LogP) is 3.50. The minimum absolute atomic E-state index is 0.112. The fourth-order valence-electron chi connectivity index (χ4n) is 2.82. The van der Waals surface area contributed by atoms with Crippen molar-refractivity contribution < 1.29 is 9.53 Å². The van der Waals surface area contributed by atoms with Gasteiger partial charge in [-0.2, -0.15) is 0 Å². The van der Waals surface area contributed by atoms with Gasteiger partial charge in [-0.15, -0.1) is 0 Å². The number of benzene rings is 1. The van der Waals surface area contributed by atoms with Gasteiger partial charge in [0.1, 0.15) is 5.75 Å². The molecule has 1 aliphatic heterocycles. The van der Waals surface area contributed by atoms with E-state index in [9.17, 15) is 4.79 Å². The molecule has 1 amide bonds. The summed E-state index contributed by atoms with van der Waals surface area (Å²) in [4.78, 5) is 14.3. The van der Waals surface area contributed by atoms with Crippen molar-refractivity contribution in [1.82, 2.24) is 4.90 Å². The third kappa shape index (κ3) is 3.41. The van der Waals surface area contributed by atoms with Crippen LogP contribution in [-0.2, 0) is 4.79 Å². The number of hydrogen-bond donors (Lipinski definition) is 0. The topological polar surface area (TPSA) is 29.5 Å². The molecule has 0 aliphatic carbocycles. The number of ether oxygens (including phenoxy) is 1. The Labute approximate surface area is 121 Å². The number of methoxy groups -OCH3 is 1. The number of hydrogen-bond acceptors (Lipinski definition) is 2. The summed E-state index contributed by atoms with van der Waals surface area (Å²) in [5, 5.41) is 0. The van der Waals surface area contributed by atoms with Gasteiger partial charge in [0.15, 0.2) is 0 Å². The summed E-state index contributed by atoms with van der Waals surface area (Å²) in [6, 6.07) is 8.38. The van der Waals surface area contributed by atoms with Gasteiger partial charge in [0.2, 0.25) is 5.91 Å². The van der Waals surface area contributed by atoms with E-state index < -0.39 is 0 Å². The molecule has 0 saturated carbocycles. The van der Waals surface area contributed by atoms with E-state index in [-0.39, 0.29) is 5.91 Å². The Morgan fingerprint density at radius 3 is 2.35 bits per heavy atom. The largest absolute Gasteiger partial charge is 0.497 e. The molecular formula is C17H23NO2. The lowest BCUT2D eigenvalue weighted by molar-refractivity contribution is -0.131. The molecule has 2 unspecified atom stereocenters. The minimum atomic E-state index is 0.112. The molecule has 3 heteroatoms. The molecule has 0 N–H and O–H groups in total. The Kier molecular flexibility index (Phi) is 4.83. The summed E-state index contributed by atoms with van der Waals surface area (Å²) in [5.74, 6) is 0.937. The highest BCUT2D eigenvalue weighted by Crippen LogP contribution is 2.23. The maximum absolute atomic E-state index is 12.3. The third-order valence-corrected chi connectivity index (χ3v) is 3.98. The van der Waals surface area contributed by atoms with Crippen LogP contribution in [0, 0.1) is 0 Å². The highest BCUT2D eigenvalue weighted by molar-refractivity contribution is 5.92. The average molecular weight is 273 g/mol. The van der Waals surface area contributed by atoms with Crippen molar-refractivity contribution in [3.63, 3.8) is 0 Å². The van der Waals surface area contributed by atoms with Crippen LogP contribution in [0.15, 0.2) is 30.3 Å². The fourth-order valence-corrected chi connectivity index (χ4v) is 2.82. The van der Waals surface area contributed by atoms with Gasteiger partial charge in [0.05, 0.1) is 7.11 Å². The quantitative estimate of drug-likeness (QED) is 0.789. The molecule has 1 aliphatic rings. The highest BCUT2D eigenvalue weighted by Gasteiger charge is 2.27. The van der Waals surface area contributed by atoms with Crippen LogP contribution in [0.4, 0.5) is 0 Å². The number of rotatable bonds is 3. The molecule has 0 radical (unpaired) electrons. The first-order chi connectivity index (χ1) is 9.61. The van der Waals surface area contributed by atoms with E-state index in [4.69, 9.17) is 4.74 Å². The van der Waals surface area contributed by atoms with Crippen LogP contribution in [0.5, 0.6) is 5.75 Å². The molecule has 0 spiro atoms. The number of amides is 1. The van der Waals surface area contributed by atoms with Gasteiger partial charge < -0.3 is 9.64 Å². The van der Waals surface area contributed by atoms with Crippen molar-refractivity contribution in [2.75, 3.05) is 7.11 Å². The summed E-state index contributed by atoms with van der Waals surface area (Å²) < 4.78 is 5.12. The van der Waals surface area contributed by atoms with Crippen molar-refractivity contribution in [1.29, 1.82) is 0 Å². The maximum atomic E-state index is 12.3. The second-order valence-corrected chi connectivity index (χ2v) is 5.48. The first-order valence-electron chi connectivity index (χ1n) is 7.26. The highest BCUT2D eigenvalue weighted by atomic mass is 16.5. The summed E-state index contributed by atoms with van der Waals surface area (Å²) >= 11 is 0. The summed E-state index contributed by atoms with van der Waals surface area (Å²) in [7, 11) is 1.65. The van der Waals surface area contributed by atoms with Crippen molar-refractivity contribution in [2.24, 2.45) is 0 Å². The average Bonchev–Trinajstić information content (AvgIpc) is 2.45. The van der Waals surface area contributed by atoms with E-state index in [0.717, 1.165) is 24.2 Å². The summed E-state index contributed by atoms with van der Waals surface area (Å²) in [5.41, 5.74) is 1.01. The lowest BCUT2D eigenvalue weighted by Gasteiger charge is -2.38. The molecule has 20 heavy (non-hydrogen) atoms. The van der Waals surface area contributed by atoms with Gasteiger partial charge >= 0.3 is 0 Å². The van der Waals surface area contributed by atoms with Crippen LogP contribution in [0.1, 0.15) is 38.7 Å². The zero-order valence-electron chi connectivity index (χ0n) is 12.5. The number of likely N-dealkylation sites (tertiary alicyclic amines) is 1. The molecule has 3 nitrogen and oxygen atoms in total. The number of carbonyl (C=O) groups is 1. The second-order valence-electron chi connectivity index (χ2n) is 5.48. The number of piperidine rings is 1. The van der Waals surface area contributed by atoms with E-state index in [0.29, 0.717) is 12.1 Å². The van der Waals surface area contributed by atoms with Crippen molar-refractivity contribution in [2.45, 2.75) is 45.2 Å². The molecule has 1 aromatic rings. The van der Waals surface area contributed by atoms with E-state index in [1.165, 1.54) is 6.42 Å². The zero-order chi connectivity index (χ0) is 14.5. The Bertz CT molecular complexity index is 468. The van der Waals surface area contributed by atoms with Gasteiger partial charge in [-0.25, -0.2) is 0 Å². The molecule has 1 saturated heterocycles. The molecule has 108 valence electrons. The minimum Gasteiger partial charge on any atom is -0.497 e. The molecule has 0 aromatic heterocycles. The summed E-state index contributed by atoms with van der Waals surface area (Å²) in [6.07, 6.45) is 6.98. The Balaban J connectivity index is 2.03. The lowest BCUT2D eigenvalue weighted by Crippen LogP contribution is -2.46. The summed E-state index contributed by atoms with van der Waals surface area (Å²) in [6.45, 7) is 4.27. The smallest absolute Gasteiger partial charge is 0.247 e. The molecule has 1 fully saturated rings. The molecule has 2 rings (SSSR count). The Hall–Kier alpha value is -1.77. The van der Waals surface area contributed by atoms with Gasteiger partial charge in [-0.1, -0.05) is 12.1 Å². The van der Waals surface area contributed by atoms with Crippen molar-refractivity contribution in [3.8, 4) is 5.75 Å². The molecule has 0 bridgehead atoms. The zero-order valence-corrected chi connectivity index (χ0v) is 12.5. The molecular weight excluding hydrogens is 250 g/mol. The molecule has 1 heterocycles. The van der Waals surface area contributed by atoms with E-state index in [1.54, 1.807) is 13.2 Å². The Morgan fingerprint density at radius 2 is 1.80 bits per heavy atom. The van der Waals surface area contributed by atoms with E-state index in [2.05, 4.69) is 13.8 Å². The Morgan fingerprint density at radius 1 is 1.20 bits per heavy atom. The van der Waals surface area contributed by atoms with Crippen LogP contribution >= 0.6 is 0 Å². The van der Waals surface area contributed by atoms with Crippen LogP contribution in [-0.4, -0.2) is 30.0 Å². The van der Waals surface area contributed by atoms with Gasteiger partial charge in [-0.3, -0.25) is 4.79 Å². The normalized spacial score (nSPS) is 23.1. The van der Waals surface area contributed by atoms with Gasteiger partial charge in [-0.05, 0) is 56.9 Å². The monoisotopic (exact) mass is 273 g/mol. The standard InChI is InChI=1S/C17H23NO2/c1-13-5-4-6-14(2)18(13)17(19)12-9-15-7-10-16(20-3)11-8-15/h7-14H,4-6H2,1-3H3. The SMILES string of the molecule is COc1ccc(C=CC(=O)N2C(C)CCCC2C)cc1. The fraction of sp³-hybridized carbons (Fsp3) is 0.471. The predicted molar refractivity (Wildman–Crippen MR) is 81.6 cm³/mol. The second kappa shape index (κ2) is 6.60. The van der Waals surface area contributed by atoms with Crippen LogP contribution in [0.3, 0.4) is 0 Å². The maximum Gasteiger partial charge on any atom is 0.247 e. The van der Waals surface area contributed by atoms with Crippen molar-refractivity contribution in [3.05, 3.63) is 35.9 Å². The van der Waals surface area contributed by atoms with Crippen LogP contribution in [0.2, 0.25) is 0 Å². The third-order valence-electron chi connectivity index (χ3n) is 3.98. The van der Waals surface area contributed by atoms with Crippen LogP contribution in [0.25, 0.3) is 6.08 Å². The number of carbonyl (C=O) groups excluding carboxylic acids is 1. The van der Waals surface area contributed by atoms with Crippen LogP contribution < -0.4 is 4.74 Å². The molecule has 2 atom stereocenters. The first kappa shape index (κ1) is 14.6. The first-order valence-corrected chi connectivity index (χ1v) is 7.26. The van der Waals surface area contributed by atoms with E-state index >= 15 is 0 Å². The van der Waals surface area contributed by atoms with E-state index in [1.807, 2.05) is 35.2 Å². The molecule has 1 aromatic carbocycles. The lowest BCUT2D eigenvalue weighted by atomic mass is 9.97. The van der Waals surface area contributed by atoms with Gasteiger partial charge in [0, 0.05) is 18.2 Å².